The molecule has 0 atom stereocenters. The van der Waals surface area contributed by atoms with Crippen LogP contribution < -0.4 is 11.6 Å². The second kappa shape index (κ2) is 6.87. The number of hydrazone groups is 1. The summed E-state index contributed by atoms with van der Waals surface area (Å²) >= 11 is 0. The van der Waals surface area contributed by atoms with Crippen LogP contribution in [0.5, 0.6) is 0 Å². The van der Waals surface area contributed by atoms with E-state index in [-0.39, 0.29) is 0 Å². The van der Waals surface area contributed by atoms with E-state index in [0.717, 1.165) is 5.56 Å². The van der Waals surface area contributed by atoms with E-state index in [0.29, 0.717) is 11.8 Å². The van der Waals surface area contributed by atoms with E-state index >= 15 is 0 Å². The molecule has 15 heavy (non-hydrogen) atoms. The van der Waals surface area contributed by atoms with E-state index in [2.05, 4.69) is 18.9 Å². The van der Waals surface area contributed by atoms with Crippen molar-refractivity contribution in [2.24, 2.45) is 16.7 Å². The van der Waals surface area contributed by atoms with Crippen LogP contribution in [0.1, 0.15) is 44.7 Å². The van der Waals surface area contributed by atoms with Crippen LogP contribution in [-0.4, -0.2) is 5.84 Å². The van der Waals surface area contributed by atoms with E-state index < -0.39 is 0 Å². The minimum atomic E-state index is 0.371. The Kier molecular flexibility index (Phi) is 6.18. The van der Waals surface area contributed by atoms with Crippen LogP contribution in [0.4, 0.5) is 0 Å². The number of nitrogens with zero attached hydrogens (tertiary/aromatic N) is 1. The zero-order valence-electron chi connectivity index (χ0n) is 9.99. The summed E-state index contributed by atoms with van der Waals surface area (Å²) in [6.45, 7) is 8.30. The van der Waals surface area contributed by atoms with Gasteiger partial charge in [-0.15, -0.1) is 0 Å². The molecule has 4 N–H and O–H groups in total. The molecule has 0 unspecified atom stereocenters. The van der Waals surface area contributed by atoms with Crippen molar-refractivity contribution in [1.29, 1.82) is 0 Å². The minimum Gasteiger partial charge on any atom is -0.382 e. The van der Waals surface area contributed by atoms with Gasteiger partial charge in [0.1, 0.15) is 5.84 Å². The number of amidine groups is 1. The van der Waals surface area contributed by atoms with Gasteiger partial charge in [-0.25, -0.2) is 0 Å². The highest BCUT2D eigenvalue weighted by Crippen LogP contribution is 2.14. The molecular formula is C12H21N3. The Hall–Kier alpha value is -1.51. The second-order valence-electron chi connectivity index (χ2n) is 3.29. The molecule has 0 aromatic heterocycles. The third-order valence-electron chi connectivity index (χ3n) is 2.01. The van der Waals surface area contributed by atoms with E-state index in [9.17, 15) is 0 Å². The third kappa shape index (κ3) is 4.02. The summed E-state index contributed by atoms with van der Waals surface area (Å²) < 4.78 is 0. The lowest BCUT2D eigenvalue weighted by Crippen LogP contribution is -2.15. The van der Waals surface area contributed by atoms with Crippen LogP contribution in [0.15, 0.2) is 29.4 Å². The van der Waals surface area contributed by atoms with Gasteiger partial charge in [-0.05, 0) is 11.5 Å². The minimum absolute atomic E-state index is 0.371. The average Bonchev–Trinajstić information content (AvgIpc) is 2.31. The summed E-state index contributed by atoms with van der Waals surface area (Å²) in [6, 6.07) is 7.94. The van der Waals surface area contributed by atoms with Crippen LogP contribution >= 0.6 is 0 Å². The van der Waals surface area contributed by atoms with Crippen molar-refractivity contribution in [3.8, 4) is 0 Å². The molecule has 84 valence electrons. The Morgan fingerprint density at radius 3 is 1.93 bits per heavy atom. The molecule has 1 aromatic carbocycles. The maximum atomic E-state index is 5.55. The number of hydrogen-bond donors (Lipinski definition) is 2. The molecule has 0 aliphatic rings. The summed E-state index contributed by atoms with van der Waals surface area (Å²) in [4.78, 5) is 0. The Balaban J connectivity index is 0.000000921. The third-order valence-corrected chi connectivity index (χ3v) is 2.01. The van der Waals surface area contributed by atoms with Gasteiger partial charge in [-0.3, -0.25) is 0 Å². The quantitative estimate of drug-likeness (QED) is 0.338. The first kappa shape index (κ1) is 13.5. The molecule has 0 saturated heterocycles. The van der Waals surface area contributed by atoms with Gasteiger partial charge in [0.05, 0.1) is 0 Å². The van der Waals surface area contributed by atoms with E-state index in [1.165, 1.54) is 5.56 Å². The molecule has 0 heterocycles. The molecule has 0 bridgehead atoms. The van der Waals surface area contributed by atoms with E-state index in [4.69, 9.17) is 11.6 Å². The Bertz CT molecular complexity index is 299. The van der Waals surface area contributed by atoms with Gasteiger partial charge in [0.2, 0.25) is 0 Å². The molecule has 0 saturated carbocycles. The molecule has 0 amide bonds. The summed E-state index contributed by atoms with van der Waals surface area (Å²) in [5, 5.41) is 3.43. The summed E-state index contributed by atoms with van der Waals surface area (Å²) in [7, 11) is 0. The van der Waals surface area contributed by atoms with Gasteiger partial charge in [-0.1, -0.05) is 52.0 Å². The smallest absolute Gasteiger partial charge is 0.150 e. The Morgan fingerprint density at radius 2 is 1.60 bits per heavy atom. The highest BCUT2D eigenvalue weighted by Gasteiger charge is 2.00. The van der Waals surface area contributed by atoms with Crippen molar-refractivity contribution in [2.45, 2.75) is 33.6 Å². The van der Waals surface area contributed by atoms with Gasteiger partial charge in [0, 0.05) is 5.56 Å². The molecule has 1 rings (SSSR count). The van der Waals surface area contributed by atoms with Crippen molar-refractivity contribution in [2.75, 3.05) is 0 Å². The molecule has 0 aliphatic carbocycles. The van der Waals surface area contributed by atoms with Crippen molar-refractivity contribution in [1.82, 2.24) is 0 Å². The van der Waals surface area contributed by atoms with Gasteiger partial charge in [-0.2, -0.15) is 5.10 Å². The predicted octanol–water partition coefficient (Wildman–Crippen LogP) is 2.42. The predicted molar refractivity (Wildman–Crippen MR) is 66.8 cm³/mol. The highest BCUT2D eigenvalue weighted by atomic mass is 15.1. The van der Waals surface area contributed by atoms with Crippen LogP contribution in [0, 0.1) is 0 Å². The molecular weight excluding hydrogens is 186 g/mol. The normalized spacial score (nSPS) is 10.9. The van der Waals surface area contributed by atoms with Crippen molar-refractivity contribution < 1.29 is 0 Å². The fourth-order valence-corrected chi connectivity index (χ4v) is 1.11. The SMILES string of the molecule is CC.CC(C)c1ccc(/C(N)=N/N)cc1. The van der Waals surface area contributed by atoms with Crippen molar-refractivity contribution in [3.05, 3.63) is 35.4 Å². The molecule has 0 aliphatic heterocycles. The van der Waals surface area contributed by atoms with E-state index in [1.54, 1.807) is 0 Å². The van der Waals surface area contributed by atoms with Gasteiger partial charge < -0.3 is 11.6 Å². The first-order valence-electron chi connectivity index (χ1n) is 5.29. The average molecular weight is 207 g/mol. The first-order valence-corrected chi connectivity index (χ1v) is 5.29. The maximum absolute atomic E-state index is 5.55. The number of benzene rings is 1. The molecule has 3 nitrogen and oxygen atoms in total. The fourth-order valence-electron chi connectivity index (χ4n) is 1.11. The van der Waals surface area contributed by atoms with Crippen LogP contribution in [0.2, 0.25) is 0 Å². The molecule has 0 fully saturated rings. The lowest BCUT2D eigenvalue weighted by Gasteiger charge is -2.05. The number of rotatable bonds is 2. The standard InChI is InChI=1S/C10H15N3.C2H6/c1-7(2)8-3-5-9(6-4-8)10(11)13-12;1-2/h3-7H,12H2,1-2H3,(H2,11,13);1-2H3. The summed E-state index contributed by atoms with van der Waals surface area (Å²) in [5.74, 6) is 5.97. The molecule has 0 radical (unpaired) electrons. The van der Waals surface area contributed by atoms with Gasteiger partial charge >= 0.3 is 0 Å². The van der Waals surface area contributed by atoms with Crippen LogP contribution in [0.25, 0.3) is 0 Å². The van der Waals surface area contributed by atoms with Gasteiger partial charge in [0.15, 0.2) is 0 Å². The number of hydrogen-bond acceptors (Lipinski definition) is 2. The monoisotopic (exact) mass is 207 g/mol. The largest absolute Gasteiger partial charge is 0.382 e. The fraction of sp³-hybridized carbons (Fsp3) is 0.417. The lowest BCUT2D eigenvalue weighted by molar-refractivity contribution is 0.866. The number of nitrogens with two attached hydrogens (primary N) is 2. The highest BCUT2D eigenvalue weighted by molar-refractivity contribution is 5.97. The van der Waals surface area contributed by atoms with E-state index in [1.807, 2.05) is 38.1 Å². The second-order valence-corrected chi connectivity index (χ2v) is 3.29. The lowest BCUT2D eigenvalue weighted by atomic mass is 10.0. The molecule has 1 aromatic rings. The summed E-state index contributed by atoms with van der Waals surface area (Å²) in [5.41, 5.74) is 7.70. The zero-order chi connectivity index (χ0) is 11.8. The first-order chi connectivity index (χ1) is 7.15. The zero-order valence-corrected chi connectivity index (χ0v) is 9.99. The summed E-state index contributed by atoms with van der Waals surface area (Å²) in [6.07, 6.45) is 0. The Morgan fingerprint density at radius 1 is 1.13 bits per heavy atom. The van der Waals surface area contributed by atoms with Crippen molar-refractivity contribution in [3.63, 3.8) is 0 Å². The van der Waals surface area contributed by atoms with Crippen molar-refractivity contribution >= 4 is 5.84 Å². The Labute approximate surface area is 92.2 Å². The van der Waals surface area contributed by atoms with Crippen LogP contribution in [-0.2, 0) is 0 Å². The molecule has 3 heteroatoms. The van der Waals surface area contributed by atoms with Gasteiger partial charge in [0.25, 0.3) is 0 Å². The topological polar surface area (TPSA) is 64.4 Å². The maximum Gasteiger partial charge on any atom is 0.150 e. The molecule has 0 spiro atoms. The van der Waals surface area contributed by atoms with Crippen LogP contribution in [0.3, 0.4) is 0 Å².